The number of benzene rings is 1. The first-order valence-electron chi connectivity index (χ1n) is 9.46. The van der Waals surface area contributed by atoms with Crippen molar-refractivity contribution >= 4 is 5.91 Å². The highest BCUT2D eigenvalue weighted by atomic mass is 16.2. The Kier molecular flexibility index (Phi) is 5.00. The van der Waals surface area contributed by atoms with Gasteiger partial charge in [0.1, 0.15) is 18.5 Å². The Bertz CT molecular complexity index is 884. The van der Waals surface area contributed by atoms with Crippen LogP contribution in [0.5, 0.6) is 0 Å². The van der Waals surface area contributed by atoms with Crippen LogP contribution in [-0.2, 0) is 6.54 Å². The summed E-state index contributed by atoms with van der Waals surface area (Å²) in [6, 6.07) is 7.94. The van der Waals surface area contributed by atoms with Crippen molar-refractivity contribution < 1.29 is 4.79 Å². The van der Waals surface area contributed by atoms with Gasteiger partial charge in [0.15, 0.2) is 0 Å². The van der Waals surface area contributed by atoms with E-state index in [1.807, 2.05) is 48.1 Å². The van der Waals surface area contributed by atoms with Gasteiger partial charge in [0.25, 0.3) is 5.91 Å². The van der Waals surface area contributed by atoms with Gasteiger partial charge in [-0.1, -0.05) is 0 Å². The van der Waals surface area contributed by atoms with Crippen LogP contribution in [0.25, 0.3) is 5.69 Å². The smallest absolute Gasteiger partial charge is 0.254 e. The van der Waals surface area contributed by atoms with Crippen LogP contribution in [0.3, 0.4) is 0 Å². The van der Waals surface area contributed by atoms with Gasteiger partial charge in [0.05, 0.1) is 0 Å². The zero-order valence-corrected chi connectivity index (χ0v) is 15.5. The van der Waals surface area contributed by atoms with Gasteiger partial charge in [-0.25, -0.2) is 4.98 Å². The van der Waals surface area contributed by atoms with Crippen molar-refractivity contribution in [1.29, 1.82) is 0 Å². The van der Waals surface area contributed by atoms with Gasteiger partial charge in [-0.05, 0) is 56.9 Å². The fourth-order valence-corrected chi connectivity index (χ4v) is 3.77. The molecule has 7 nitrogen and oxygen atoms in total. The number of likely N-dealkylation sites (tertiary alicyclic amines) is 1. The van der Waals surface area contributed by atoms with Gasteiger partial charge in [0, 0.05) is 42.8 Å². The van der Waals surface area contributed by atoms with E-state index in [2.05, 4.69) is 24.6 Å². The van der Waals surface area contributed by atoms with Crippen LogP contribution in [0.4, 0.5) is 0 Å². The second-order valence-electron chi connectivity index (χ2n) is 7.02. The molecule has 27 heavy (non-hydrogen) atoms. The highest BCUT2D eigenvalue weighted by Gasteiger charge is 2.27. The van der Waals surface area contributed by atoms with Crippen LogP contribution < -0.4 is 0 Å². The Morgan fingerprint density at radius 1 is 1.15 bits per heavy atom. The minimum atomic E-state index is 0.123. The van der Waals surface area contributed by atoms with E-state index in [4.69, 9.17) is 0 Å². The monoisotopic (exact) mass is 364 g/mol. The molecule has 1 aromatic carbocycles. The fraction of sp³-hybridized carbons (Fsp3) is 0.400. The number of aromatic nitrogens is 5. The minimum absolute atomic E-state index is 0.123. The highest BCUT2D eigenvalue weighted by molar-refractivity contribution is 5.94. The van der Waals surface area contributed by atoms with Crippen molar-refractivity contribution in [1.82, 2.24) is 29.2 Å². The second kappa shape index (κ2) is 7.73. The van der Waals surface area contributed by atoms with Gasteiger partial charge in [0.2, 0.25) is 0 Å². The molecular weight excluding hydrogens is 340 g/mol. The molecular formula is C20H24N6O. The lowest BCUT2D eigenvalue weighted by Gasteiger charge is -2.36. The van der Waals surface area contributed by atoms with Crippen LogP contribution in [-0.4, -0.2) is 47.7 Å². The molecule has 0 radical (unpaired) electrons. The molecule has 7 heteroatoms. The largest absolute Gasteiger partial charge is 0.336 e. The average molecular weight is 364 g/mol. The fourth-order valence-electron chi connectivity index (χ4n) is 3.77. The van der Waals surface area contributed by atoms with E-state index in [1.54, 1.807) is 12.7 Å². The summed E-state index contributed by atoms with van der Waals surface area (Å²) in [6.07, 6.45) is 11.4. The Labute approximate surface area is 158 Å². The summed E-state index contributed by atoms with van der Waals surface area (Å²) in [5.74, 6) is 1.14. The van der Waals surface area contributed by atoms with E-state index in [1.165, 1.54) is 6.42 Å². The van der Waals surface area contributed by atoms with Crippen LogP contribution >= 0.6 is 0 Å². The number of imidazole rings is 1. The van der Waals surface area contributed by atoms with Gasteiger partial charge >= 0.3 is 0 Å². The van der Waals surface area contributed by atoms with Gasteiger partial charge < -0.3 is 9.47 Å². The first-order chi connectivity index (χ1) is 13.2. The zero-order valence-electron chi connectivity index (χ0n) is 15.5. The van der Waals surface area contributed by atoms with E-state index >= 15 is 0 Å². The number of aryl methyl sites for hydroxylation is 2. The van der Waals surface area contributed by atoms with Crippen molar-refractivity contribution in [3.8, 4) is 5.69 Å². The normalized spacial score (nSPS) is 17.2. The summed E-state index contributed by atoms with van der Waals surface area (Å²) in [4.78, 5) is 19.5. The second-order valence-corrected chi connectivity index (χ2v) is 7.02. The number of carbonyl (C=O) groups excluding carboxylic acids is 1. The molecule has 4 rings (SSSR count). The molecule has 0 bridgehead atoms. The molecule has 1 aliphatic heterocycles. The molecule has 1 fully saturated rings. The molecule has 1 amide bonds. The summed E-state index contributed by atoms with van der Waals surface area (Å²) in [5, 5.41) is 7.64. The highest BCUT2D eigenvalue weighted by Crippen LogP contribution is 2.23. The molecule has 140 valence electrons. The molecule has 1 unspecified atom stereocenters. The van der Waals surface area contributed by atoms with Crippen molar-refractivity contribution in [2.24, 2.45) is 0 Å². The molecule has 3 heterocycles. The van der Waals surface area contributed by atoms with Crippen LogP contribution in [0.2, 0.25) is 0 Å². The summed E-state index contributed by atoms with van der Waals surface area (Å²) >= 11 is 0. The van der Waals surface area contributed by atoms with Gasteiger partial charge in [-0.3, -0.25) is 9.36 Å². The number of hydrogen-bond donors (Lipinski definition) is 0. The lowest BCUT2D eigenvalue weighted by molar-refractivity contribution is 0.0595. The predicted molar refractivity (Wildman–Crippen MR) is 102 cm³/mol. The molecule has 0 aliphatic carbocycles. The number of piperidine rings is 1. The Morgan fingerprint density at radius 3 is 2.63 bits per heavy atom. The molecule has 0 spiro atoms. The molecule has 0 saturated carbocycles. The van der Waals surface area contributed by atoms with Gasteiger partial charge in [-0.15, -0.1) is 10.2 Å². The van der Waals surface area contributed by atoms with E-state index < -0.39 is 0 Å². The molecule has 1 aliphatic rings. The number of amides is 1. The Balaban J connectivity index is 1.46. The van der Waals surface area contributed by atoms with Crippen LogP contribution in [0.15, 0.2) is 49.3 Å². The third-order valence-corrected chi connectivity index (χ3v) is 5.35. The Hall–Kier alpha value is -2.96. The summed E-state index contributed by atoms with van der Waals surface area (Å²) < 4.78 is 3.98. The third kappa shape index (κ3) is 3.77. The number of carbonyl (C=O) groups is 1. The molecule has 1 atom stereocenters. The zero-order chi connectivity index (χ0) is 18.6. The summed E-state index contributed by atoms with van der Waals surface area (Å²) in [6.45, 7) is 3.74. The molecule has 2 aromatic heterocycles. The van der Waals surface area contributed by atoms with Crippen LogP contribution in [0, 0.1) is 6.92 Å². The number of hydrogen-bond acceptors (Lipinski definition) is 4. The van der Waals surface area contributed by atoms with E-state index in [-0.39, 0.29) is 11.9 Å². The van der Waals surface area contributed by atoms with Crippen molar-refractivity contribution in [2.45, 2.75) is 45.2 Å². The van der Waals surface area contributed by atoms with Crippen LogP contribution in [0.1, 0.15) is 41.9 Å². The predicted octanol–water partition coefficient (Wildman–Crippen LogP) is 2.86. The Morgan fingerprint density at radius 2 is 1.93 bits per heavy atom. The van der Waals surface area contributed by atoms with E-state index in [9.17, 15) is 4.79 Å². The van der Waals surface area contributed by atoms with Crippen molar-refractivity contribution in [3.63, 3.8) is 0 Å². The molecule has 0 N–H and O–H groups in total. The first-order valence-corrected chi connectivity index (χ1v) is 9.46. The lowest BCUT2D eigenvalue weighted by atomic mass is 9.98. The number of rotatable bonds is 5. The maximum atomic E-state index is 13.1. The maximum absolute atomic E-state index is 13.1. The SMILES string of the molecule is Cc1nccn1CCC1CCCCN1C(=O)c1ccc(-n2cnnc2)cc1. The first kappa shape index (κ1) is 17.5. The maximum Gasteiger partial charge on any atom is 0.254 e. The quantitative estimate of drug-likeness (QED) is 0.698. The summed E-state index contributed by atoms with van der Waals surface area (Å²) in [7, 11) is 0. The average Bonchev–Trinajstić information content (AvgIpc) is 3.38. The summed E-state index contributed by atoms with van der Waals surface area (Å²) in [5.41, 5.74) is 1.68. The topological polar surface area (TPSA) is 68.8 Å². The van der Waals surface area contributed by atoms with Crippen molar-refractivity contribution in [2.75, 3.05) is 6.54 Å². The molecule has 3 aromatic rings. The molecule has 1 saturated heterocycles. The minimum Gasteiger partial charge on any atom is -0.336 e. The van der Waals surface area contributed by atoms with Gasteiger partial charge in [-0.2, -0.15) is 0 Å². The van der Waals surface area contributed by atoms with E-state index in [0.29, 0.717) is 0 Å². The number of nitrogens with zero attached hydrogens (tertiary/aromatic N) is 6. The standard InChI is InChI=1S/C20H24N6O/c1-16-21-10-13-24(16)12-9-19-4-2-3-11-26(19)20(27)17-5-7-18(8-6-17)25-14-22-23-15-25/h5-8,10,13-15,19H,2-4,9,11-12H2,1H3. The van der Waals surface area contributed by atoms with E-state index in [0.717, 1.165) is 49.4 Å². The lowest BCUT2D eigenvalue weighted by Crippen LogP contribution is -2.44. The van der Waals surface area contributed by atoms with Crippen molar-refractivity contribution in [3.05, 3.63) is 60.7 Å². The third-order valence-electron chi connectivity index (χ3n) is 5.35.